The fourth-order valence-corrected chi connectivity index (χ4v) is 1.06. The highest BCUT2D eigenvalue weighted by atomic mass is 16.5. The highest BCUT2D eigenvalue weighted by Gasteiger charge is 2.00. The Hall–Kier alpha value is -1.02. The van der Waals surface area contributed by atoms with Crippen molar-refractivity contribution in [2.24, 2.45) is 0 Å². The molecule has 0 aliphatic heterocycles. The summed E-state index contributed by atoms with van der Waals surface area (Å²) in [5, 5.41) is 3.18. The van der Waals surface area contributed by atoms with Gasteiger partial charge in [0.15, 0.2) is 0 Å². The molecule has 1 N–H and O–H groups in total. The van der Waals surface area contributed by atoms with Crippen LogP contribution < -0.4 is 10.1 Å². The minimum absolute atomic E-state index is 0.399. The molecule has 0 aliphatic carbocycles. The van der Waals surface area contributed by atoms with E-state index in [4.69, 9.17) is 4.74 Å². The summed E-state index contributed by atoms with van der Waals surface area (Å²) in [6.07, 6.45) is 0. The van der Waals surface area contributed by atoms with Crippen molar-refractivity contribution in [3.05, 3.63) is 29.8 Å². The lowest BCUT2D eigenvalue weighted by molar-refractivity contribution is 0.414. The average Bonchev–Trinajstić information content (AvgIpc) is 2.17. The summed E-state index contributed by atoms with van der Waals surface area (Å²) in [4.78, 5) is 0. The monoisotopic (exact) mass is 165 g/mol. The second kappa shape index (κ2) is 4.12. The van der Waals surface area contributed by atoms with Crippen LogP contribution in [0.2, 0.25) is 0 Å². The van der Waals surface area contributed by atoms with Crippen LogP contribution >= 0.6 is 0 Å². The molecule has 0 fully saturated rings. The Balaban J connectivity index is 2.77. The molecule has 1 rings (SSSR count). The van der Waals surface area contributed by atoms with Crippen molar-refractivity contribution in [3.63, 3.8) is 0 Å². The highest BCUT2D eigenvalue weighted by Crippen LogP contribution is 2.16. The van der Waals surface area contributed by atoms with Gasteiger partial charge in [-0.1, -0.05) is 12.1 Å². The minimum atomic E-state index is 0.399. The Morgan fingerprint density at radius 2 is 1.83 bits per heavy atom. The number of ether oxygens (including phenoxy) is 1. The number of nitrogens with one attached hydrogen (secondary N) is 1. The van der Waals surface area contributed by atoms with E-state index in [0.29, 0.717) is 6.04 Å². The number of rotatable bonds is 3. The normalized spacial score (nSPS) is 12.6. The maximum Gasteiger partial charge on any atom is 0.118 e. The van der Waals surface area contributed by atoms with Gasteiger partial charge in [0, 0.05) is 6.04 Å². The second-order valence-corrected chi connectivity index (χ2v) is 2.78. The highest BCUT2D eigenvalue weighted by molar-refractivity contribution is 5.28. The third-order valence-electron chi connectivity index (χ3n) is 2.05. The van der Waals surface area contributed by atoms with Gasteiger partial charge in [-0.25, -0.2) is 0 Å². The summed E-state index contributed by atoms with van der Waals surface area (Å²) in [6.45, 7) is 2.13. The molecule has 0 spiro atoms. The molecule has 0 amide bonds. The van der Waals surface area contributed by atoms with Gasteiger partial charge in [-0.15, -0.1) is 0 Å². The zero-order valence-corrected chi connectivity index (χ0v) is 7.79. The molecular weight excluding hydrogens is 150 g/mol. The molecule has 0 radical (unpaired) electrons. The minimum Gasteiger partial charge on any atom is -0.497 e. The van der Waals surface area contributed by atoms with Crippen LogP contribution in [0.3, 0.4) is 0 Å². The van der Waals surface area contributed by atoms with Crippen molar-refractivity contribution in [2.45, 2.75) is 13.0 Å². The van der Waals surface area contributed by atoms with Crippen LogP contribution in [0, 0.1) is 0 Å². The van der Waals surface area contributed by atoms with Crippen LogP contribution in [0.5, 0.6) is 5.75 Å². The molecule has 2 nitrogen and oxygen atoms in total. The third-order valence-corrected chi connectivity index (χ3v) is 2.05. The van der Waals surface area contributed by atoms with Crippen LogP contribution in [0.15, 0.2) is 24.3 Å². The Morgan fingerprint density at radius 3 is 2.25 bits per heavy atom. The maximum atomic E-state index is 5.06. The Labute approximate surface area is 73.6 Å². The van der Waals surface area contributed by atoms with E-state index in [0.717, 1.165) is 5.75 Å². The molecule has 0 bridgehead atoms. The summed E-state index contributed by atoms with van der Waals surface area (Å²) < 4.78 is 5.06. The molecule has 1 aromatic carbocycles. The van der Waals surface area contributed by atoms with Gasteiger partial charge in [0.05, 0.1) is 7.11 Å². The van der Waals surface area contributed by atoms with E-state index in [9.17, 15) is 0 Å². The second-order valence-electron chi connectivity index (χ2n) is 2.78. The average molecular weight is 165 g/mol. The first-order valence-corrected chi connectivity index (χ1v) is 4.09. The Bertz CT molecular complexity index is 230. The summed E-state index contributed by atoms with van der Waals surface area (Å²) in [7, 11) is 3.63. The van der Waals surface area contributed by atoms with Crippen molar-refractivity contribution in [1.82, 2.24) is 5.32 Å². The fraction of sp³-hybridized carbons (Fsp3) is 0.400. The predicted octanol–water partition coefficient (Wildman–Crippen LogP) is 1.98. The van der Waals surface area contributed by atoms with Gasteiger partial charge in [0.2, 0.25) is 0 Å². The van der Waals surface area contributed by atoms with Gasteiger partial charge in [0.25, 0.3) is 0 Å². The molecule has 0 aromatic heterocycles. The van der Waals surface area contributed by atoms with Crippen molar-refractivity contribution in [3.8, 4) is 5.75 Å². The quantitative estimate of drug-likeness (QED) is 0.739. The lowest BCUT2D eigenvalue weighted by Crippen LogP contribution is -2.11. The van der Waals surface area contributed by atoms with E-state index >= 15 is 0 Å². The first kappa shape index (κ1) is 9.07. The molecular formula is C10H15NO. The van der Waals surface area contributed by atoms with E-state index in [-0.39, 0.29) is 0 Å². The van der Waals surface area contributed by atoms with Gasteiger partial charge in [-0.05, 0) is 31.7 Å². The van der Waals surface area contributed by atoms with Crippen molar-refractivity contribution >= 4 is 0 Å². The van der Waals surface area contributed by atoms with Gasteiger partial charge < -0.3 is 10.1 Å². The van der Waals surface area contributed by atoms with Crippen molar-refractivity contribution in [1.29, 1.82) is 0 Å². The summed E-state index contributed by atoms with van der Waals surface area (Å²) in [6, 6.07) is 8.49. The van der Waals surface area contributed by atoms with E-state index < -0.39 is 0 Å². The fourth-order valence-electron chi connectivity index (χ4n) is 1.06. The van der Waals surface area contributed by atoms with Crippen LogP contribution in [0.25, 0.3) is 0 Å². The zero-order valence-electron chi connectivity index (χ0n) is 7.79. The van der Waals surface area contributed by atoms with Crippen molar-refractivity contribution in [2.75, 3.05) is 14.2 Å². The molecule has 0 unspecified atom stereocenters. The van der Waals surface area contributed by atoms with Crippen LogP contribution in [-0.4, -0.2) is 14.2 Å². The van der Waals surface area contributed by atoms with Gasteiger partial charge in [0.1, 0.15) is 5.75 Å². The van der Waals surface area contributed by atoms with Gasteiger partial charge in [-0.2, -0.15) is 0 Å². The van der Waals surface area contributed by atoms with E-state index in [1.165, 1.54) is 5.56 Å². The number of hydrogen-bond donors (Lipinski definition) is 1. The largest absolute Gasteiger partial charge is 0.497 e. The first-order chi connectivity index (χ1) is 5.77. The summed E-state index contributed by atoms with van der Waals surface area (Å²) >= 11 is 0. The molecule has 2 heteroatoms. The number of benzene rings is 1. The lowest BCUT2D eigenvalue weighted by Gasteiger charge is -2.10. The zero-order chi connectivity index (χ0) is 8.97. The molecule has 1 atom stereocenters. The standard InChI is InChI=1S/C10H15NO/c1-8(11-2)9-4-6-10(12-3)7-5-9/h4-8,11H,1-3H3/t8-/m0/s1. The van der Waals surface area contributed by atoms with Gasteiger partial charge >= 0.3 is 0 Å². The van der Waals surface area contributed by atoms with E-state index in [2.05, 4.69) is 24.4 Å². The van der Waals surface area contributed by atoms with Crippen LogP contribution in [0.4, 0.5) is 0 Å². The lowest BCUT2D eigenvalue weighted by atomic mass is 10.1. The first-order valence-electron chi connectivity index (χ1n) is 4.09. The van der Waals surface area contributed by atoms with E-state index in [1.807, 2.05) is 19.2 Å². The molecule has 0 saturated heterocycles. The molecule has 12 heavy (non-hydrogen) atoms. The van der Waals surface area contributed by atoms with Crippen LogP contribution in [-0.2, 0) is 0 Å². The SMILES string of the molecule is CN[C@@H](C)c1ccc(OC)cc1. The molecule has 66 valence electrons. The Kier molecular flexibility index (Phi) is 3.11. The Morgan fingerprint density at radius 1 is 1.25 bits per heavy atom. The third kappa shape index (κ3) is 1.98. The predicted molar refractivity (Wildman–Crippen MR) is 50.5 cm³/mol. The van der Waals surface area contributed by atoms with Crippen molar-refractivity contribution < 1.29 is 4.74 Å². The van der Waals surface area contributed by atoms with Gasteiger partial charge in [-0.3, -0.25) is 0 Å². The smallest absolute Gasteiger partial charge is 0.118 e. The number of hydrogen-bond acceptors (Lipinski definition) is 2. The molecule has 1 aromatic rings. The van der Waals surface area contributed by atoms with Crippen LogP contribution in [0.1, 0.15) is 18.5 Å². The topological polar surface area (TPSA) is 21.3 Å². The summed E-state index contributed by atoms with van der Waals surface area (Å²) in [5.74, 6) is 0.905. The maximum absolute atomic E-state index is 5.06. The molecule has 0 aliphatic rings. The molecule has 0 heterocycles. The molecule has 0 saturated carbocycles. The number of methoxy groups -OCH3 is 1. The summed E-state index contributed by atoms with van der Waals surface area (Å²) in [5.41, 5.74) is 1.28. The van der Waals surface area contributed by atoms with E-state index in [1.54, 1.807) is 7.11 Å².